The molecule has 1 aromatic carbocycles. The van der Waals surface area contributed by atoms with Gasteiger partial charge < -0.3 is 14.2 Å². The lowest BCUT2D eigenvalue weighted by Gasteiger charge is -2.16. The number of ether oxygens (including phenoxy) is 1. The summed E-state index contributed by atoms with van der Waals surface area (Å²) in [6, 6.07) is 5.68. The first kappa shape index (κ1) is 20.9. The van der Waals surface area contributed by atoms with Gasteiger partial charge in [-0.25, -0.2) is 4.79 Å². The van der Waals surface area contributed by atoms with Crippen LogP contribution in [0.5, 0.6) is 0 Å². The van der Waals surface area contributed by atoms with E-state index in [9.17, 15) is 19.7 Å². The first-order valence-corrected chi connectivity index (χ1v) is 8.61. The largest absolute Gasteiger partial charge is 0.454 e. The third kappa shape index (κ3) is 4.28. The Morgan fingerprint density at radius 3 is 2.50 bits per heavy atom. The number of rotatable bonds is 8. The maximum Gasteiger partial charge on any atom is 0.340 e. The van der Waals surface area contributed by atoms with Crippen LogP contribution in [-0.4, -0.2) is 41.9 Å². The Hall–Kier alpha value is -3.42. The number of hydrogen-bond donors (Lipinski definition) is 0. The third-order valence-corrected chi connectivity index (χ3v) is 4.41. The zero-order valence-corrected chi connectivity index (χ0v) is 16.4. The maximum atomic E-state index is 12.5. The molecule has 0 radical (unpaired) electrons. The van der Waals surface area contributed by atoms with Gasteiger partial charge in [0.25, 0.3) is 5.69 Å². The number of anilines is 1. The summed E-state index contributed by atoms with van der Waals surface area (Å²) >= 11 is 0. The number of nitrogens with zero attached hydrogens (tertiary/aromatic N) is 3. The number of carbonyl (C=O) groups is 2. The summed E-state index contributed by atoms with van der Waals surface area (Å²) in [5, 5.41) is 11.0. The minimum atomic E-state index is -0.791. The fourth-order valence-corrected chi connectivity index (χ4v) is 2.97. The molecule has 1 heterocycles. The lowest BCUT2D eigenvalue weighted by atomic mass is 10.1. The van der Waals surface area contributed by atoms with E-state index in [1.807, 2.05) is 18.4 Å². The van der Waals surface area contributed by atoms with Crippen LogP contribution in [0.2, 0.25) is 0 Å². The smallest absolute Gasteiger partial charge is 0.340 e. The van der Waals surface area contributed by atoms with Crippen molar-refractivity contribution < 1.29 is 19.2 Å². The highest BCUT2D eigenvalue weighted by Crippen LogP contribution is 2.25. The molecule has 0 amide bonds. The minimum Gasteiger partial charge on any atom is -0.454 e. The number of benzene rings is 1. The van der Waals surface area contributed by atoms with Gasteiger partial charge in [0.05, 0.1) is 16.2 Å². The van der Waals surface area contributed by atoms with Crippen molar-refractivity contribution in [1.29, 1.82) is 0 Å². The van der Waals surface area contributed by atoms with Gasteiger partial charge in [0.2, 0.25) is 5.78 Å². The molecule has 0 atom stereocenters. The van der Waals surface area contributed by atoms with Gasteiger partial charge in [0.15, 0.2) is 6.61 Å². The Balaban J connectivity index is 2.21. The van der Waals surface area contributed by atoms with E-state index in [0.29, 0.717) is 17.8 Å². The molecule has 2 aromatic rings. The monoisotopic (exact) mass is 385 g/mol. The van der Waals surface area contributed by atoms with Crippen LogP contribution in [0.3, 0.4) is 0 Å². The van der Waals surface area contributed by atoms with Crippen molar-refractivity contribution >= 4 is 23.1 Å². The van der Waals surface area contributed by atoms with Crippen molar-refractivity contribution in [2.75, 3.05) is 25.6 Å². The van der Waals surface area contributed by atoms with Crippen LogP contribution in [0.15, 0.2) is 36.9 Å². The molecule has 8 heteroatoms. The van der Waals surface area contributed by atoms with Crippen molar-refractivity contribution in [1.82, 2.24) is 4.57 Å². The second kappa shape index (κ2) is 8.51. The van der Waals surface area contributed by atoms with Gasteiger partial charge in [-0.05, 0) is 26.0 Å². The van der Waals surface area contributed by atoms with Crippen LogP contribution in [0.1, 0.15) is 32.1 Å². The topological polar surface area (TPSA) is 94.7 Å². The van der Waals surface area contributed by atoms with Crippen molar-refractivity contribution in [2.45, 2.75) is 20.4 Å². The molecule has 0 saturated heterocycles. The lowest BCUT2D eigenvalue weighted by molar-refractivity contribution is -0.384. The second-order valence-electron chi connectivity index (χ2n) is 6.54. The number of nitro groups is 1. The van der Waals surface area contributed by atoms with Crippen LogP contribution >= 0.6 is 0 Å². The van der Waals surface area contributed by atoms with E-state index < -0.39 is 17.5 Å². The SMILES string of the molecule is C=CCn1c(C)cc(C(=O)COC(=O)c2cc([N+](=O)[O-])ccc2N(C)C)c1C. The average molecular weight is 385 g/mol. The van der Waals surface area contributed by atoms with Crippen molar-refractivity contribution in [3.63, 3.8) is 0 Å². The Morgan fingerprint density at radius 2 is 1.93 bits per heavy atom. The van der Waals surface area contributed by atoms with E-state index in [1.165, 1.54) is 12.1 Å². The summed E-state index contributed by atoms with van der Waals surface area (Å²) in [6.07, 6.45) is 1.74. The summed E-state index contributed by atoms with van der Waals surface area (Å²) in [5.74, 6) is -1.13. The van der Waals surface area contributed by atoms with Gasteiger partial charge in [-0.15, -0.1) is 6.58 Å². The molecule has 0 N–H and O–H groups in total. The number of ketones is 1. The number of allylic oxidation sites excluding steroid dienone is 1. The molecule has 0 bridgehead atoms. The molecule has 8 nitrogen and oxygen atoms in total. The Labute approximate surface area is 163 Å². The van der Waals surface area contributed by atoms with Gasteiger partial charge >= 0.3 is 5.97 Å². The fourth-order valence-electron chi connectivity index (χ4n) is 2.97. The van der Waals surface area contributed by atoms with Crippen molar-refractivity contribution in [3.05, 3.63) is 69.5 Å². The summed E-state index contributed by atoms with van der Waals surface area (Å²) in [7, 11) is 3.41. The molecule has 0 aliphatic rings. The number of aromatic nitrogens is 1. The molecule has 2 rings (SSSR count). The van der Waals surface area contributed by atoms with E-state index in [-0.39, 0.29) is 17.0 Å². The molecule has 0 unspecified atom stereocenters. The van der Waals surface area contributed by atoms with Crippen LogP contribution < -0.4 is 4.90 Å². The molecule has 0 aliphatic heterocycles. The zero-order chi connectivity index (χ0) is 21.0. The van der Waals surface area contributed by atoms with Crippen molar-refractivity contribution in [3.8, 4) is 0 Å². The summed E-state index contributed by atoms with van der Waals surface area (Å²) in [4.78, 5) is 37.1. The Morgan fingerprint density at radius 1 is 1.25 bits per heavy atom. The molecule has 148 valence electrons. The molecule has 1 aromatic heterocycles. The number of esters is 1. The van der Waals surface area contributed by atoms with Crippen molar-refractivity contribution in [2.24, 2.45) is 0 Å². The number of Topliss-reactive ketones (excluding diaryl/α,β-unsaturated/α-hetero) is 1. The summed E-state index contributed by atoms with van der Waals surface area (Å²) < 4.78 is 7.10. The number of hydrogen-bond acceptors (Lipinski definition) is 6. The van der Waals surface area contributed by atoms with Crippen LogP contribution in [0, 0.1) is 24.0 Å². The van der Waals surface area contributed by atoms with Crippen LogP contribution in [-0.2, 0) is 11.3 Å². The fraction of sp³-hybridized carbons (Fsp3) is 0.300. The van der Waals surface area contributed by atoms with E-state index in [2.05, 4.69) is 6.58 Å². The van der Waals surface area contributed by atoms with Gasteiger partial charge in [-0.2, -0.15) is 0 Å². The van der Waals surface area contributed by atoms with Crippen LogP contribution in [0.4, 0.5) is 11.4 Å². The highest BCUT2D eigenvalue weighted by Gasteiger charge is 2.21. The molecular weight excluding hydrogens is 362 g/mol. The van der Waals surface area contributed by atoms with Gasteiger partial charge in [-0.1, -0.05) is 6.08 Å². The summed E-state index contributed by atoms with van der Waals surface area (Å²) in [5.41, 5.74) is 2.41. The zero-order valence-electron chi connectivity index (χ0n) is 16.4. The van der Waals surface area contributed by atoms with E-state index >= 15 is 0 Å². The Kier molecular flexibility index (Phi) is 6.35. The normalized spacial score (nSPS) is 10.4. The minimum absolute atomic E-state index is 0.0316. The van der Waals surface area contributed by atoms with Gasteiger partial charge in [0, 0.05) is 49.7 Å². The van der Waals surface area contributed by atoms with E-state index in [0.717, 1.165) is 17.5 Å². The summed E-state index contributed by atoms with van der Waals surface area (Å²) in [6.45, 7) is 7.52. The number of carbonyl (C=O) groups excluding carboxylic acids is 2. The number of nitro benzene ring substituents is 1. The van der Waals surface area contributed by atoms with Gasteiger partial charge in [0.1, 0.15) is 0 Å². The Bertz CT molecular complexity index is 944. The molecule has 0 aliphatic carbocycles. The standard InChI is InChI=1S/C20H23N3O5/c1-6-9-22-13(2)10-16(14(22)3)19(24)12-28-20(25)17-11-15(23(26)27)7-8-18(17)21(4)5/h6-8,10-11H,1,9,12H2,2-5H3. The maximum absolute atomic E-state index is 12.5. The molecular formula is C20H23N3O5. The molecule has 0 fully saturated rings. The number of non-ortho nitro benzene ring substituents is 1. The van der Waals surface area contributed by atoms with Crippen LogP contribution in [0.25, 0.3) is 0 Å². The van der Waals surface area contributed by atoms with E-state index in [4.69, 9.17) is 4.74 Å². The average Bonchev–Trinajstić information content (AvgIpc) is 2.93. The lowest BCUT2D eigenvalue weighted by Crippen LogP contribution is -2.19. The first-order chi connectivity index (χ1) is 13.2. The predicted octanol–water partition coefficient (Wildman–Crippen LogP) is 3.30. The highest BCUT2D eigenvalue weighted by atomic mass is 16.6. The highest BCUT2D eigenvalue weighted by molar-refractivity contribution is 6.02. The van der Waals surface area contributed by atoms with Gasteiger partial charge in [-0.3, -0.25) is 14.9 Å². The third-order valence-electron chi connectivity index (χ3n) is 4.41. The molecule has 0 saturated carbocycles. The second-order valence-corrected chi connectivity index (χ2v) is 6.54. The quantitative estimate of drug-likeness (QED) is 0.227. The molecule has 0 spiro atoms. The predicted molar refractivity (Wildman–Crippen MR) is 106 cm³/mol. The van der Waals surface area contributed by atoms with E-state index in [1.54, 1.807) is 31.1 Å². The molecule has 28 heavy (non-hydrogen) atoms. The number of aryl methyl sites for hydroxylation is 1. The first-order valence-electron chi connectivity index (χ1n) is 8.61.